The van der Waals surface area contributed by atoms with Gasteiger partial charge in [-0.15, -0.1) is 0 Å². The van der Waals surface area contributed by atoms with Gasteiger partial charge >= 0.3 is 0 Å². The van der Waals surface area contributed by atoms with Gasteiger partial charge in [-0.25, -0.2) is 0 Å². The second-order valence-electron chi connectivity index (χ2n) is 9.05. The summed E-state index contributed by atoms with van der Waals surface area (Å²) in [5, 5.41) is 22.0. The molecule has 0 unspecified atom stereocenters. The Balaban J connectivity index is 1.81. The molecule has 7 atom stereocenters. The maximum atomic E-state index is 11.8. The highest BCUT2D eigenvalue weighted by Crippen LogP contribution is 2.65. The number of carbonyl (C=O) groups excluding carboxylic acids is 1. The molecule has 0 bridgehead atoms. The molecule has 0 aromatic rings. The molecule has 4 aliphatic carbocycles. The number of aliphatic hydroxyl groups is 2. The van der Waals surface area contributed by atoms with Gasteiger partial charge in [0, 0.05) is 17.8 Å². The van der Waals surface area contributed by atoms with Gasteiger partial charge in [0.25, 0.3) is 0 Å². The SMILES string of the molecule is C[C@]12CCC(=O)C=C1C=C[C@@H]1[C@@H]2[C@H](O)C[C@]2(C)[C@@H]1CC[C@]2(C)O. The molecule has 0 spiro atoms. The first-order chi connectivity index (χ1) is 10.7. The average Bonchev–Trinajstić information content (AvgIpc) is 2.69. The van der Waals surface area contributed by atoms with Crippen molar-refractivity contribution in [2.24, 2.45) is 28.6 Å². The van der Waals surface area contributed by atoms with Gasteiger partial charge in [-0.05, 0) is 61.5 Å². The van der Waals surface area contributed by atoms with Gasteiger partial charge in [-0.1, -0.05) is 26.0 Å². The van der Waals surface area contributed by atoms with Gasteiger partial charge < -0.3 is 10.2 Å². The van der Waals surface area contributed by atoms with Gasteiger partial charge in [-0.3, -0.25) is 4.79 Å². The van der Waals surface area contributed by atoms with Crippen LogP contribution in [0.3, 0.4) is 0 Å². The molecule has 0 amide bonds. The summed E-state index contributed by atoms with van der Waals surface area (Å²) in [5.74, 6) is 1.09. The van der Waals surface area contributed by atoms with Crippen LogP contribution in [0.2, 0.25) is 0 Å². The Labute approximate surface area is 138 Å². The van der Waals surface area contributed by atoms with E-state index in [2.05, 4.69) is 26.0 Å². The highest BCUT2D eigenvalue weighted by Gasteiger charge is 2.64. The van der Waals surface area contributed by atoms with E-state index in [-0.39, 0.29) is 22.5 Å². The van der Waals surface area contributed by atoms with E-state index < -0.39 is 11.7 Å². The number of rotatable bonds is 0. The number of ketones is 1. The summed E-state index contributed by atoms with van der Waals surface area (Å²) < 4.78 is 0. The topological polar surface area (TPSA) is 57.5 Å². The fraction of sp³-hybridized carbons (Fsp3) is 0.750. The van der Waals surface area contributed by atoms with Crippen LogP contribution in [0.15, 0.2) is 23.8 Å². The lowest BCUT2D eigenvalue weighted by Crippen LogP contribution is -2.58. The zero-order valence-electron chi connectivity index (χ0n) is 14.4. The van der Waals surface area contributed by atoms with Crippen LogP contribution in [0.1, 0.15) is 52.9 Å². The summed E-state index contributed by atoms with van der Waals surface area (Å²) in [7, 11) is 0. The van der Waals surface area contributed by atoms with E-state index >= 15 is 0 Å². The molecule has 0 saturated heterocycles. The lowest BCUT2D eigenvalue weighted by Gasteiger charge is -2.58. The first-order valence-electron chi connectivity index (χ1n) is 9.03. The Morgan fingerprint density at radius 2 is 1.96 bits per heavy atom. The number of hydrogen-bond donors (Lipinski definition) is 2. The number of hydrogen-bond acceptors (Lipinski definition) is 3. The molecule has 2 saturated carbocycles. The maximum absolute atomic E-state index is 11.8. The normalized spacial score (nSPS) is 55.0. The Hall–Kier alpha value is -0.930. The van der Waals surface area contributed by atoms with Crippen LogP contribution in [0.4, 0.5) is 0 Å². The summed E-state index contributed by atoms with van der Waals surface area (Å²) in [6.45, 7) is 6.33. The van der Waals surface area contributed by atoms with Crippen LogP contribution in [0.25, 0.3) is 0 Å². The van der Waals surface area contributed by atoms with Crippen molar-refractivity contribution in [2.75, 3.05) is 0 Å². The lowest BCUT2D eigenvalue weighted by molar-refractivity contribution is -0.150. The molecule has 0 radical (unpaired) electrons. The second kappa shape index (κ2) is 4.58. The van der Waals surface area contributed by atoms with Crippen molar-refractivity contribution in [1.29, 1.82) is 0 Å². The predicted octanol–water partition coefficient (Wildman–Crippen LogP) is 3.02. The third-order valence-corrected chi connectivity index (χ3v) is 8.02. The summed E-state index contributed by atoms with van der Waals surface area (Å²) in [5.41, 5.74) is 0.0712. The minimum atomic E-state index is -0.697. The van der Waals surface area contributed by atoms with Crippen LogP contribution >= 0.6 is 0 Å². The molecule has 126 valence electrons. The zero-order chi connectivity index (χ0) is 16.6. The molecular weight excluding hydrogens is 288 g/mol. The quantitative estimate of drug-likeness (QED) is 0.722. The van der Waals surface area contributed by atoms with Gasteiger partial charge in [0.2, 0.25) is 0 Å². The van der Waals surface area contributed by atoms with E-state index in [1.165, 1.54) is 0 Å². The summed E-state index contributed by atoms with van der Waals surface area (Å²) in [6.07, 6.45) is 9.65. The van der Waals surface area contributed by atoms with Crippen LogP contribution < -0.4 is 0 Å². The molecule has 0 aromatic carbocycles. The third-order valence-electron chi connectivity index (χ3n) is 8.02. The maximum Gasteiger partial charge on any atom is 0.156 e. The van der Waals surface area contributed by atoms with Crippen molar-refractivity contribution < 1.29 is 15.0 Å². The summed E-state index contributed by atoms with van der Waals surface area (Å²) >= 11 is 0. The fourth-order valence-corrected chi connectivity index (χ4v) is 6.35. The van der Waals surface area contributed by atoms with Crippen LogP contribution in [0, 0.1) is 28.6 Å². The minimum Gasteiger partial charge on any atom is -0.393 e. The summed E-state index contributed by atoms with van der Waals surface area (Å²) in [6, 6.07) is 0. The fourth-order valence-electron chi connectivity index (χ4n) is 6.35. The van der Waals surface area contributed by atoms with E-state index in [9.17, 15) is 15.0 Å². The standard InChI is InChI=1S/C20H28O3/c1-18-8-6-13(21)10-12(18)4-5-14-15-7-9-20(3,23)19(15,2)11-16(22)17(14)18/h4-5,10,14-17,22-23H,6-9,11H2,1-3H3/t14-,15+,16+,17+,18-,19+,20-/m0/s1. The van der Waals surface area contributed by atoms with E-state index in [1.54, 1.807) is 6.08 Å². The van der Waals surface area contributed by atoms with Crippen molar-refractivity contribution in [3.8, 4) is 0 Å². The van der Waals surface area contributed by atoms with Crippen molar-refractivity contribution >= 4 is 5.78 Å². The average molecular weight is 316 g/mol. The molecule has 2 N–H and O–H groups in total. The molecule has 2 fully saturated rings. The summed E-state index contributed by atoms with van der Waals surface area (Å²) in [4.78, 5) is 11.8. The second-order valence-corrected chi connectivity index (χ2v) is 9.05. The largest absolute Gasteiger partial charge is 0.393 e. The Morgan fingerprint density at radius 1 is 1.22 bits per heavy atom. The van der Waals surface area contributed by atoms with Gasteiger partial charge in [0.15, 0.2) is 5.78 Å². The van der Waals surface area contributed by atoms with E-state index in [0.29, 0.717) is 24.7 Å². The van der Waals surface area contributed by atoms with Gasteiger partial charge in [0.1, 0.15) is 0 Å². The molecule has 0 aliphatic heterocycles. The lowest BCUT2D eigenvalue weighted by atomic mass is 9.47. The molecular formula is C20H28O3. The smallest absolute Gasteiger partial charge is 0.156 e. The highest BCUT2D eigenvalue weighted by atomic mass is 16.3. The zero-order valence-corrected chi connectivity index (χ0v) is 14.4. The van der Waals surface area contributed by atoms with E-state index in [1.807, 2.05) is 6.92 Å². The highest BCUT2D eigenvalue weighted by molar-refractivity contribution is 5.92. The molecule has 4 rings (SSSR count). The van der Waals surface area contributed by atoms with E-state index in [4.69, 9.17) is 0 Å². The first kappa shape index (κ1) is 15.6. The third kappa shape index (κ3) is 1.87. The predicted molar refractivity (Wildman–Crippen MR) is 88.6 cm³/mol. The van der Waals surface area contributed by atoms with E-state index in [0.717, 1.165) is 24.8 Å². The minimum absolute atomic E-state index is 0.109. The Bertz CT molecular complexity index is 616. The monoisotopic (exact) mass is 316 g/mol. The van der Waals surface area contributed by atoms with Crippen molar-refractivity contribution in [1.82, 2.24) is 0 Å². The number of carbonyl (C=O) groups is 1. The first-order valence-corrected chi connectivity index (χ1v) is 9.03. The van der Waals surface area contributed by atoms with Gasteiger partial charge in [0.05, 0.1) is 11.7 Å². The van der Waals surface area contributed by atoms with Crippen LogP contribution in [-0.2, 0) is 4.79 Å². The van der Waals surface area contributed by atoms with Crippen molar-refractivity contribution in [3.05, 3.63) is 23.8 Å². The molecule has 3 heteroatoms. The molecule has 23 heavy (non-hydrogen) atoms. The van der Waals surface area contributed by atoms with Crippen LogP contribution in [-0.4, -0.2) is 27.7 Å². The number of allylic oxidation sites excluding steroid dienone is 4. The van der Waals surface area contributed by atoms with Crippen LogP contribution in [0.5, 0.6) is 0 Å². The Kier molecular flexibility index (Phi) is 3.10. The molecule has 4 aliphatic rings. The molecule has 3 nitrogen and oxygen atoms in total. The molecule has 0 aromatic heterocycles. The number of fused-ring (bicyclic) bond motifs is 5. The van der Waals surface area contributed by atoms with Crippen molar-refractivity contribution in [3.63, 3.8) is 0 Å². The number of aliphatic hydroxyl groups excluding tert-OH is 1. The molecule has 0 heterocycles. The Morgan fingerprint density at radius 3 is 2.70 bits per heavy atom. The van der Waals surface area contributed by atoms with Gasteiger partial charge in [-0.2, -0.15) is 0 Å². The van der Waals surface area contributed by atoms with Crippen molar-refractivity contribution in [2.45, 2.75) is 64.6 Å².